The maximum atomic E-state index is 12.6. The normalized spacial score (nSPS) is 22.0. The number of nitrogens with zero attached hydrogens (tertiary/aromatic N) is 1. The molecule has 1 saturated heterocycles. The van der Waals surface area contributed by atoms with Crippen LogP contribution in [0.5, 0.6) is 5.75 Å². The minimum Gasteiger partial charge on any atom is -0.483 e. The molecule has 1 aliphatic heterocycles. The monoisotopic (exact) mass is 484 g/mol. The van der Waals surface area contributed by atoms with Crippen LogP contribution in [0.4, 0.5) is 0 Å². The van der Waals surface area contributed by atoms with Crippen molar-refractivity contribution in [2.75, 3.05) is 26.2 Å². The molecular formula is C27H36N2O6. The second kappa shape index (κ2) is 10.8. The molecule has 1 saturated carbocycles. The third kappa shape index (κ3) is 5.69. The highest BCUT2D eigenvalue weighted by atomic mass is 16.5. The van der Waals surface area contributed by atoms with Crippen LogP contribution in [-0.4, -0.2) is 53.7 Å². The predicted octanol–water partition coefficient (Wildman–Crippen LogP) is 3.09. The summed E-state index contributed by atoms with van der Waals surface area (Å²) in [6.07, 6.45) is 6.51. The van der Waals surface area contributed by atoms with Gasteiger partial charge in [-0.25, -0.2) is 4.79 Å². The van der Waals surface area contributed by atoms with Gasteiger partial charge in [0, 0.05) is 49.0 Å². The second-order valence-corrected chi connectivity index (χ2v) is 9.93. The lowest BCUT2D eigenvalue weighted by Crippen LogP contribution is -2.54. The van der Waals surface area contributed by atoms with Crippen molar-refractivity contribution in [1.29, 1.82) is 0 Å². The van der Waals surface area contributed by atoms with E-state index in [0.717, 1.165) is 49.5 Å². The number of hydrogen-bond acceptors (Lipinski definition) is 6. The highest BCUT2D eigenvalue weighted by Gasteiger charge is 2.43. The number of amides is 2. The van der Waals surface area contributed by atoms with E-state index in [9.17, 15) is 19.5 Å². The van der Waals surface area contributed by atoms with E-state index < -0.39 is 11.2 Å². The molecule has 8 nitrogen and oxygen atoms in total. The average molecular weight is 485 g/mol. The van der Waals surface area contributed by atoms with Crippen LogP contribution in [0.25, 0.3) is 11.0 Å². The third-order valence-corrected chi connectivity index (χ3v) is 7.52. The molecule has 4 rings (SSSR count). The van der Waals surface area contributed by atoms with Gasteiger partial charge in [-0.2, -0.15) is 0 Å². The summed E-state index contributed by atoms with van der Waals surface area (Å²) >= 11 is 0. The van der Waals surface area contributed by atoms with Crippen LogP contribution >= 0.6 is 0 Å². The third-order valence-electron chi connectivity index (χ3n) is 7.52. The van der Waals surface area contributed by atoms with Crippen LogP contribution in [0.2, 0.25) is 0 Å². The predicted molar refractivity (Wildman–Crippen MR) is 132 cm³/mol. The van der Waals surface area contributed by atoms with Crippen LogP contribution in [0.15, 0.2) is 27.4 Å². The van der Waals surface area contributed by atoms with Crippen molar-refractivity contribution in [3.05, 3.63) is 39.7 Å². The molecule has 2 aromatic rings. The van der Waals surface area contributed by atoms with Crippen LogP contribution in [0.1, 0.15) is 63.0 Å². The summed E-state index contributed by atoms with van der Waals surface area (Å²) in [4.78, 5) is 38.7. The van der Waals surface area contributed by atoms with Gasteiger partial charge < -0.3 is 24.5 Å². The highest BCUT2D eigenvalue weighted by Crippen LogP contribution is 2.39. The van der Waals surface area contributed by atoms with Crippen LogP contribution in [0, 0.1) is 12.8 Å². The molecule has 0 spiro atoms. The van der Waals surface area contributed by atoms with E-state index in [4.69, 9.17) is 9.15 Å². The van der Waals surface area contributed by atoms with E-state index in [1.165, 1.54) is 6.07 Å². The van der Waals surface area contributed by atoms with Gasteiger partial charge in [0.15, 0.2) is 6.61 Å². The summed E-state index contributed by atoms with van der Waals surface area (Å²) in [6, 6.07) is 5.17. The van der Waals surface area contributed by atoms with Gasteiger partial charge in [0.25, 0.3) is 5.91 Å². The van der Waals surface area contributed by atoms with Gasteiger partial charge in [0.1, 0.15) is 11.3 Å². The number of carbonyl (C=O) groups is 2. The second-order valence-electron chi connectivity index (χ2n) is 9.93. The van der Waals surface area contributed by atoms with Crippen LogP contribution < -0.4 is 15.7 Å². The standard InChI is InChI=1S/C27H36N2O6/c1-3-6-19-15-25(32)35-26-18(2)22(9-8-21(19)26)34-17-23(30)28-13-10-24(31)29-14-12-27(33)11-5-4-7-20(27)16-29/h8-9,15,20,33H,3-7,10-14,16-17H2,1-2H3,(H,28,30)/t20-,27+/m1/s1. The van der Waals surface area contributed by atoms with Gasteiger partial charge in [0.2, 0.25) is 5.91 Å². The average Bonchev–Trinajstić information content (AvgIpc) is 2.83. The van der Waals surface area contributed by atoms with Crippen molar-refractivity contribution in [2.45, 2.75) is 70.8 Å². The lowest BCUT2D eigenvalue weighted by Gasteiger charge is -2.47. The van der Waals surface area contributed by atoms with Gasteiger partial charge in [-0.15, -0.1) is 0 Å². The molecule has 2 aliphatic rings. The molecule has 2 atom stereocenters. The van der Waals surface area contributed by atoms with E-state index in [1.807, 2.05) is 11.0 Å². The zero-order valence-electron chi connectivity index (χ0n) is 20.7. The molecule has 190 valence electrons. The Balaban J connectivity index is 1.26. The molecule has 1 aromatic carbocycles. The van der Waals surface area contributed by atoms with Gasteiger partial charge in [-0.3, -0.25) is 9.59 Å². The number of rotatable bonds is 8. The Morgan fingerprint density at radius 2 is 2.11 bits per heavy atom. The minimum atomic E-state index is -0.610. The first-order valence-corrected chi connectivity index (χ1v) is 12.8. The fourth-order valence-corrected chi connectivity index (χ4v) is 5.50. The number of aliphatic hydroxyl groups is 1. The van der Waals surface area contributed by atoms with Gasteiger partial charge in [-0.05, 0) is 50.3 Å². The molecular weight excluding hydrogens is 448 g/mol. The fourth-order valence-electron chi connectivity index (χ4n) is 5.50. The SMILES string of the molecule is CCCc1cc(=O)oc2c(C)c(OCC(=O)NCCC(=O)N3CC[C@@]4(O)CCCC[C@@H]4C3)ccc12. The number of benzene rings is 1. The molecule has 2 N–H and O–H groups in total. The summed E-state index contributed by atoms with van der Waals surface area (Å²) in [5.41, 5.74) is 1.09. The Labute approximate surface area is 205 Å². The molecule has 1 aliphatic carbocycles. The molecule has 2 heterocycles. The van der Waals surface area contributed by atoms with Crippen LogP contribution in [0.3, 0.4) is 0 Å². The summed E-state index contributed by atoms with van der Waals surface area (Å²) in [6.45, 7) is 5.07. The quantitative estimate of drug-likeness (QED) is 0.558. The molecule has 35 heavy (non-hydrogen) atoms. The van der Waals surface area contributed by atoms with Crippen LogP contribution in [-0.2, 0) is 16.0 Å². The van der Waals surface area contributed by atoms with Crippen molar-refractivity contribution in [2.24, 2.45) is 5.92 Å². The number of likely N-dealkylation sites (tertiary alicyclic amines) is 1. The topological polar surface area (TPSA) is 109 Å². The number of hydrogen-bond donors (Lipinski definition) is 2. The van der Waals surface area contributed by atoms with Gasteiger partial charge in [0.05, 0.1) is 5.60 Å². The van der Waals surface area contributed by atoms with E-state index in [1.54, 1.807) is 13.0 Å². The van der Waals surface area contributed by atoms with E-state index in [2.05, 4.69) is 12.2 Å². The van der Waals surface area contributed by atoms with Crippen molar-refractivity contribution in [3.8, 4) is 5.75 Å². The number of fused-ring (bicyclic) bond motifs is 2. The Bertz CT molecular complexity index is 1140. The fraction of sp³-hybridized carbons (Fsp3) is 0.593. The number of aryl methyl sites for hydroxylation is 2. The number of piperidine rings is 1. The zero-order chi connectivity index (χ0) is 25.0. The maximum absolute atomic E-state index is 12.6. The van der Waals surface area contributed by atoms with Crippen molar-refractivity contribution in [1.82, 2.24) is 10.2 Å². The number of nitrogens with one attached hydrogen (secondary N) is 1. The van der Waals surface area contributed by atoms with E-state index in [0.29, 0.717) is 36.4 Å². The number of carbonyl (C=O) groups excluding carboxylic acids is 2. The van der Waals surface area contributed by atoms with Crippen molar-refractivity contribution in [3.63, 3.8) is 0 Å². The molecule has 1 aromatic heterocycles. The summed E-state index contributed by atoms with van der Waals surface area (Å²) in [5, 5.41) is 14.4. The molecule has 0 bridgehead atoms. The van der Waals surface area contributed by atoms with Crippen molar-refractivity contribution < 1.29 is 23.8 Å². The largest absolute Gasteiger partial charge is 0.483 e. The first-order valence-electron chi connectivity index (χ1n) is 12.8. The smallest absolute Gasteiger partial charge is 0.336 e. The Morgan fingerprint density at radius 1 is 1.29 bits per heavy atom. The van der Waals surface area contributed by atoms with Crippen molar-refractivity contribution >= 4 is 22.8 Å². The number of ether oxygens (including phenoxy) is 1. The maximum Gasteiger partial charge on any atom is 0.336 e. The van der Waals surface area contributed by atoms with E-state index >= 15 is 0 Å². The lowest BCUT2D eigenvalue weighted by atomic mass is 9.71. The van der Waals surface area contributed by atoms with Gasteiger partial charge in [-0.1, -0.05) is 26.2 Å². The summed E-state index contributed by atoms with van der Waals surface area (Å²) < 4.78 is 11.1. The van der Waals surface area contributed by atoms with E-state index in [-0.39, 0.29) is 37.3 Å². The minimum absolute atomic E-state index is 0.00197. The molecule has 2 fully saturated rings. The Morgan fingerprint density at radius 3 is 2.91 bits per heavy atom. The Kier molecular flexibility index (Phi) is 7.79. The molecule has 0 unspecified atom stereocenters. The lowest BCUT2D eigenvalue weighted by molar-refractivity contribution is -0.143. The first kappa shape index (κ1) is 25.2. The molecule has 2 amide bonds. The molecule has 8 heteroatoms. The Hall–Kier alpha value is -2.87. The summed E-state index contributed by atoms with van der Waals surface area (Å²) in [7, 11) is 0. The highest BCUT2D eigenvalue weighted by molar-refractivity contribution is 5.85. The first-order chi connectivity index (χ1) is 16.8. The van der Waals surface area contributed by atoms with Gasteiger partial charge >= 0.3 is 5.63 Å². The summed E-state index contributed by atoms with van der Waals surface area (Å²) in [5.74, 6) is 0.319. The zero-order valence-corrected chi connectivity index (χ0v) is 20.7. The molecule has 0 radical (unpaired) electrons.